The molecule has 0 radical (unpaired) electrons. The van der Waals surface area contributed by atoms with Crippen molar-refractivity contribution in [3.63, 3.8) is 0 Å². The number of nitrogens with zero attached hydrogens (tertiary/aromatic N) is 3. The number of aromatic nitrogens is 2. The van der Waals surface area contributed by atoms with E-state index in [-0.39, 0.29) is 10.7 Å². The zero-order valence-corrected chi connectivity index (χ0v) is 13.3. The first-order valence-electron chi connectivity index (χ1n) is 6.69. The smallest absolute Gasteiger partial charge is 0.248 e. The molecule has 0 spiro atoms. The minimum atomic E-state index is -3.64. The van der Waals surface area contributed by atoms with Crippen LogP contribution in [0.3, 0.4) is 0 Å². The van der Waals surface area contributed by atoms with E-state index in [1.807, 2.05) is 38.1 Å². The fraction of sp³-hybridized carbons (Fsp3) is 0.357. The lowest BCUT2D eigenvalue weighted by atomic mass is 10.1. The highest BCUT2D eigenvalue weighted by Crippen LogP contribution is 2.21. The molecule has 0 aliphatic heterocycles. The van der Waals surface area contributed by atoms with Gasteiger partial charge in [0.1, 0.15) is 4.90 Å². The number of nitrogens with two attached hydrogens (primary N) is 1. The maximum atomic E-state index is 12.6. The Balaban J connectivity index is 2.28. The fourth-order valence-corrected chi connectivity index (χ4v) is 3.31. The number of hydrogen-bond acceptors (Lipinski definition) is 4. The van der Waals surface area contributed by atoms with Crippen LogP contribution < -0.4 is 5.73 Å². The van der Waals surface area contributed by atoms with Crippen molar-refractivity contribution >= 4 is 15.8 Å². The van der Waals surface area contributed by atoms with Crippen molar-refractivity contribution in [2.75, 3.05) is 12.8 Å². The molecule has 6 nitrogen and oxygen atoms in total. The number of aryl methyl sites for hydroxylation is 2. The molecule has 0 atom stereocenters. The maximum Gasteiger partial charge on any atom is 0.248 e. The van der Waals surface area contributed by atoms with Crippen LogP contribution in [0.2, 0.25) is 0 Å². The second-order valence-electron chi connectivity index (χ2n) is 4.98. The van der Waals surface area contributed by atoms with Gasteiger partial charge in [-0.1, -0.05) is 29.8 Å². The van der Waals surface area contributed by atoms with Crippen LogP contribution in [0.25, 0.3) is 0 Å². The second-order valence-corrected chi connectivity index (χ2v) is 7.00. The van der Waals surface area contributed by atoms with E-state index in [1.54, 1.807) is 7.05 Å². The summed E-state index contributed by atoms with van der Waals surface area (Å²) >= 11 is 0. The first-order chi connectivity index (χ1) is 9.84. The second kappa shape index (κ2) is 5.87. The highest BCUT2D eigenvalue weighted by atomic mass is 32.2. The van der Waals surface area contributed by atoms with Crippen LogP contribution in [0.5, 0.6) is 0 Å². The molecule has 0 saturated carbocycles. The van der Waals surface area contributed by atoms with Gasteiger partial charge in [-0.05, 0) is 19.4 Å². The monoisotopic (exact) mass is 308 g/mol. The molecule has 0 aliphatic rings. The summed E-state index contributed by atoms with van der Waals surface area (Å²) < 4.78 is 27.9. The Hall–Kier alpha value is -1.86. The lowest BCUT2D eigenvalue weighted by molar-refractivity contribution is 0.467. The van der Waals surface area contributed by atoms with Gasteiger partial charge in [0.2, 0.25) is 10.0 Å². The van der Waals surface area contributed by atoms with Crippen LogP contribution >= 0.6 is 0 Å². The van der Waals surface area contributed by atoms with E-state index in [2.05, 4.69) is 5.10 Å². The molecule has 7 heteroatoms. The Morgan fingerprint density at radius 3 is 2.67 bits per heavy atom. The topological polar surface area (TPSA) is 81.2 Å². The Labute approximate surface area is 125 Å². The molecule has 0 fully saturated rings. The highest BCUT2D eigenvalue weighted by molar-refractivity contribution is 7.89. The van der Waals surface area contributed by atoms with E-state index in [9.17, 15) is 8.42 Å². The standard InChI is InChI=1S/C14H20N4O2S/c1-4-18-10-13(14(15)16-18)21(19,20)17(3)9-12-7-5-6-11(2)8-12/h5-8,10H,4,9H2,1-3H3,(H2,15,16). The van der Waals surface area contributed by atoms with E-state index in [1.165, 1.54) is 15.2 Å². The predicted molar refractivity (Wildman–Crippen MR) is 82.1 cm³/mol. The summed E-state index contributed by atoms with van der Waals surface area (Å²) in [6, 6.07) is 7.75. The van der Waals surface area contributed by atoms with Crippen LogP contribution in [0.4, 0.5) is 5.82 Å². The maximum absolute atomic E-state index is 12.6. The van der Waals surface area contributed by atoms with Gasteiger partial charge >= 0.3 is 0 Å². The van der Waals surface area contributed by atoms with Crippen LogP contribution in [0, 0.1) is 6.92 Å². The van der Waals surface area contributed by atoms with Gasteiger partial charge in [0, 0.05) is 26.3 Å². The number of sulfonamides is 1. The summed E-state index contributed by atoms with van der Waals surface area (Å²) in [5.41, 5.74) is 7.75. The molecular weight excluding hydrogens is 288 g/mol. The van der Waals surface area contributed by atoms with E-state index < -0.39 is 10.0 Å². The number of benzene rings is 1. The van der Waals surface area contributed by atoms with Gasteiger partial charge in [-0.3, -0.25) is 4.68 Å². The van der Waals surface area contributed by atoms with E-state index >= 15 is 0 Å². The molecule has 1 aromatic heterocycles. The predicted octanol–water partition coefficient (Wildman–Crippen LogP) is 1.61. The molecule has 2 N–H and O–H groups in total. The van der Waals surface area contributed by atoms with Crippen molar-refractivity contribution in [2.24, 2.45) is 0 Å². The fourth-order valence-electron chi connectivity index (χ4n) is 2.10. The Kier molecular flexibility index (Phi) is 4.34. The Morgan fingerprint density at radius 1 is 1.38 bits per heavy atom. The molecule has 0 bridgehead atoms. The van der Waals surface area contributed by atoms with Gasteiger partial charge in [-0.25, -0.2) is 8.42 Å². The minimum Gasteiger partial charge on any atom is -0.381 e. The van der Waals surface area contributed by atoms with Crippen molar-refractivity contribution in [1.29, 1.82) is 0 Å². The van der Waals surface area contributed by atoms with Gasteiger partial charge in [-0.2, -0.15) is 9.40 Å². The van der Waals surface area contributed by atoms with Crippen LogP contribution in [0.1, 0.15) is 18.1 Å². The third-order valence-corrected chi connectivity index (χ3v) is 5.07. The third-order valence-electron chi connectivity index (χ3n) is 3.25. The van der Waals surface area contributed by atoms with E-state index in [0.717, 1.165) is 11.1 Å². The number of nitrogen functional groups attached to an aromatic ring is 1. The van der Waals surface area contributed by atoms with Gasteiger partial charge < -0.3 is 5.73 Å². The van der Waals surface area contributed by atoms with Crippen LogP contribution in [-0.4, -0.2) is 29.6 Å². The first kappa shape index (κ1) is 15.5. The van der Waals surface area contributed by atoms with E-state index in [0.29, 0.717) is 13.1 Å². The minimum absolute atomic E-state index is 0.0351. The van der Waals surface area contributed by atoms with Gasteiger partial charge in [-0.15, -0.1) is 0 Å². The summed E-state index contributed by atoms with van der Waals surface area (Å²) in [5, 5.41) is 3.99. The Bertz CT molecular complexity index is 737. The number of hydrogen-bond donors (Lipinski definition) is 1. The molecule has 114 valence electrons. The lowest BCUT2D eigenvalue weighted by Gasteiger charge is -2.16. The summed E-state index contributed by atoms with van der Waals surface area (Å²) in [7, 11) is -2.10. The molecule has 0 aliphatic carbocycles. The van der Waals surface area contributed by atoms with Crippen molar-refractivity contribution in [3.8, 4) is 0 Å². The SMILES string of the molecule is CCn1cc(S(=O)(=O)N(C)Cc2cccc(C)c2)c(N)n1. The van der Waals surface area contributed by atoms with Crippen molar-refractivity contribution in [3.05, 3.63) is 41.6 Å². The average molecular weight is 308 g/mol. The molecule has 21 heavy (non-hydrogen) atoms. The van der Waals surface area contributed by atoms with Crippen molar-refractivity contribution < 1.29 is 8.42 Å². The zero-order valence-electron chi connectivity index (χ0n) is 12.4. The number of anilines is 1. The molecule has 1 aromatic carbocycles. The summed E-state index contributed by atoms with van der Waals surface area (Å²) in [5.74, 6) is 0.0351. The molecule has 2 rings (SSSR count). The average Bonchev–Trinajstić information content (AvgIpc) is 2.80. The quantitative estimate of drug-likeness (QED) is 0.910. The molecule has 1 heterocycles. The first-order valence-corrected chi connectivity index (χ1v) is 8.13. The molecular formula is C14H20N4O2S. The van der Waals surface area contributed by atoms with Crippen molar-refractivity contribution in [1.82, 2.24) is 14.1 Å². The van der Waals surface area contributed by atoms with Crippen LogP contribution in [-0.2, 0) is 23.1 Å². The zero-order chi connectivity index (χ0) is 15.6. The molecule has 0 unspecified atom stereocenters. The number of rotatable bonds is 5. The lowest BCUT2D eigenvalue weighted by Crippen LogP contribution is -2.26. The van der Waals surface area contributed by atoms with E-state index in [4.69, 9.17) is 5.73 Å². The summed E-state index contributed by atoms with van der Waals surface area (Å²) in [4.78, 5) is 0.0551. The normalized spacial score (nSPS) is 12.0. The molecule has 0 amide bonds. The highest BCUT2D eigenvalue weighted by Gasteiger charge is 2.26. The molecule has 0 saturated heterocycles. The summed E-state index contributed by atoms with van der Waals surface area (Å²) in [6.45, 7) is 4.71. The molecule has 2 aromatic rings. The summed E-state index contributed by atoms with van der Waals surface area (Å²) in [6.07, 6.45) is 1.47. The van der Waals surface area contributed by atoms with Gasteiger partial charge in [0.15, 0.2) is 5.82 Å². The van der Waals surface area contributed by atoms with Crippen molar-refractivity contribution in [2.45, 2.75) is 31.8 Å². The van der Waals surface area contributed by atoms with Gasteiger partial charge in [0.25, 0.3) is 0 Å². The van der Waals surface area contributed by atoms with Crippen LogP contribution in [0.15, 0.2) is 35.4 Å². The van der Waals surface area contributed by atoms with Gasteiger partial charge in [0.05, 0.1) is 0 Å². The largest absolute Gasteiger partial charge is 0.381 e. The third kappa shape index (κ3) is 3.25. The Morgan fingerprint density at radius 2 is 2.10 bits per heavy atom.